The smallest absolute Gasteiger partial charge is 0.248 e. The molecule has 3 nitrogen and oxygen atoms in total. The normalized spacial score (nSPS) is 20.0. The number of amides is 1. The Morgan fingerprint density at radius 3 is 2.71 bits per heavy atom. The van der Waals surface area contributed by atoms with Gasteiger partial charge in [-0.1, -0.05) is 29.8 Å². The van der Waals surface area contributed by atoms with Crippen LogP contribution in [-0.2, 0) is 4.79 Å². The van der Waals surface area contributed by atoms with Crippen LogP contribution in [0.5, 0.6) is 0 Å². The molecule has 1 aliphatic rings. The van der Waals surface area contributed by atoms with E-state index in [-0.39, 0.29) is 44.1 Å². The predicted octanol–water partition coefficient (Wildman–Crippen LogP) is 2.97. The summed E-state index contributed by atoms with van der Waals surface area (Å²) < 4.78 is 26.1. The minimum absolute atomic E-state index is 0.106. The Labute approximate surface area is 123 Å². The minimum Gasteiger partial charge on any atom is -0.387 e. The van der Waals surface area contributed by atoms with Crippen LogP contribution in [-0.4, -0.2) is 23.5 Å². The average Bonchev–Trinajstić information content (AvgIpc) is 2.44. The van der Waals surface area contributed by atoms with E-state index in [0.717, 1.165) is 11.1 Å². The standard InChI is InChI=1S/C16H21F2NO2/c1-11-3-2-4-13(9-11)14(20)10-19-15(21)12-5-7-16(17,18)8-6-12/h2-4,9,12,14,20H,5-8,10H2,1H3,(H,19,21). The van der Waals surface area contributed by atoms with E-state index in [2.05, 4.69) is 5.32 Å². The fourth-order valence-corrected chi connectivity index (χ4v) is 2.64. The number of halogens is 2. The average molecular weight is 297 g/mol. The SMILES string of the molecule is Cc1cccc(C(O)CNC(=O)C2CCC(F)(F)CC2)c1. The molecule has 0 spiro atoms. The van der Waals surface area contributed by atoms with Crippen LogP contribution in [0.1, 0.15) is 42.9 Å². The fourth-order valence-electron chi connectivity index (χ4n) is 2.64. The van der Waals surface area contributed by atoms with E-state index < -0.39 is 12.0 Å². The molecule has 1 aromatic rings. The van der Waals surface area contributed by atoms with Crippen LogP contribution in [0, 0.1) is 12.8 Å². The first-order valence-corrected chi connectivity index (χ1v) is 7.27. The Morgan fingerprint density at radius 1 is 1.43 bits per heavy atom. The van der Waals surface area contributed by atoms with E-state index in [1.54, 1.807) is 6.07 Å². The van der Waals surface area contributed by atoms with E-state index in [9.17, 15) is 18.7 Å². The van der Waals surface area contributed by atoms with E-state index in [0.29, 0.717) is 0 Å². The van der Waals surface area contributed by atoms with Crippen molar-refractivity contribution in [3.63, 3.8) is 0 Å². The molecule has 0 heterocycles. The topological polar surface area (TPSA) is 49.3 Å². The summed E-state index contributed by atoms with van der Waals surface area (Å²) in [6, 6.07) is 7.43. The fraction of sp³-hybridized carbons (Fsp3) is 0.562. The van der Waals surface area contributed by atoms with Gasteiger partial charge in [-0.3, -0.25) is 4.79 Å². The van der Waals surface area contributed by atoms with Gasteiger partial charge in [0.25, 0.3) is 0 Å². The van der Waals surface area contributed by atoms with Crippen LogP contribution in [0.3, 0.4) is 0 Å². The molecule has 1 fully saturated rings. The first-order chi connectivity index (χ1) is 9.87. The summed E-state index contributed by atoms with van der Waals surface area (Å²) in [6.07, 6.45) is -0.825. The minimum atomic E-state index is -2.63. The Hall–Kier alpha value is -1.49. The molecule has 2 rings (SSSR count). The molecule has 0 aromatic heterocycles. The first kappa shape index (κ1) is 15.9. The number of benzene rings is 1. The van der Waals surface area contributed by atoms with Crippen molar-refractivity contribution in [2.75, 3.05) is 6.54 Å². The zero-order valence-corrected chi connectivity index (χ0v) is 12.1. The zero-order chi connectivity index (χ0) is 15.5. The molecule has 21 heavy (non-hydrogen) atoms. The van der Waals surface area contributed by atoms with Gasteiger partial charge in [-0.05, 0) is 25.3 Å². The van der Waals surface area contributed by atoms with Crippen molar-refractivity contribution < 1.29 is 18.7 Å². The number of rotatable bonds is 4. The summed E-state index contributed by atoms with van der Waals surface area (Å²) in [7, 11) is 0. The van der Waals surface area contributed by atoms with Crippen LogP contribution in [0.15, 0.2) is 24.3 Å². The monoisotopic (exact) mass is 297 g/mol. The highest BCUT2D eigenvalue weighted by Gasteiger charge is 2.37. The number of aliphatic hydroxyl groups excluding tert-OH is 1. The van der Waals surface area contributed by atoms with Crippen LogP contribution in [0.25, 0.3) is 0 Å². The van der Waals surface area contributed by atoms with E-state index in [1.807, 2.05) is 25.1 Å². The van der Waals surface area contributed by atoms with Gasteiger partial charge in [-0.15, -0.1) is 0 Å². The highest BCUT2D eigenvalue weighted by atomic mass is 19.3. The molecule has 0 aliphatic heterocycles. The second-order valence-corrected chi connectivity index (χ2v) is 5.81. The lowest BCUT2D eigenvalue weighted by molar-refractivity contribution is -0.129. The van der Waals surface area contributed by atoms with Gasteiger partial charge >= 0.3 is 0 Å². The lowest BCUT2D eigenvalue weighted by atomic mass is 9.86. The number of carbonyl (C=O) groups excluding carboxylic acids is 1. The Morgan fingerprint density at radius 2 is 2.10 bits per heavy atom. The molecule has 0 saturated heterocycles. The van der Waals surface area contributed by atoms with E-state index >= 15 is 0 Å². The number of carbonyl (C=O) groups is 1. The van der Waals surface area contributed by atoms with Crippen molar-refractivity contribution in [3.8, 4) is 0 Å². The second-order valence-electron chi connectivity index (χ2n) is 5.81. The maximum Gasteiger partial charge on any atom is 0.248 e. The molecule has 1 aliphatic carbocycles. The highest BCUT2D eigenvalue weighted by Crippen LogP contribution is 2.36. The molecule has 1 unspecified atom stereocenters. The molecule has 1 amide bonds. The molecule has 1 atom stereocenters. The third-order valence-corrected chi connectivity index (χ3v) is 3.98. The van der Waals surface area contributed by atoms with Gasteiger partial charge in [-0.25, -0.2) is 8.78 Å². The van der Waals surface area contributed by atoms with E-state index in [1.165, 1.54) is 0 Å². The quantitative estimate of drug-likeness (QED) is 0.897. The second kappa shape index (κ2) is 6.52. The number of aryl methyl sites for hydroxylation is 1. The molecule has 1 saturated carbocycles. The van der Waals surface area contributed by atoms with Gasteiger partial charge in [0, 0.05) is 25.3 Å². The van der Waals surface area contributed by atoms with Crippen LogP contribution in [0.4, 0.5) is 8.78 Å². The Balaban J connectivity index is 1.81. The third-order valence-electron chi connectivity index (χ3n) is 3.98. The van der Waals surface area contributed by atoms with Gasteiger partial charge in [0.15, 0.2) is 0 Å². The number of hydrogen-bond acceptors (Lipinski definition) is 2. The van der Waals surface area contributed by atoms with Gasteiger partial charge in [0.2, 0.25) is 11.8 Å². The summed E-state index contributed by atoms with van der Waals surface area (Å²) in [5.74, 6) is -3.23. The van der Waals surface area contributed by atoms with Gasteiger partial charge in [-0.2, -0.15) is 0 Å². The molecule has 1 aromatic carbocycles. The molecule has 0 radical (unpaired) electrons. The van der Waals surface area contributed by atoms with E-state index in [4.69, 9.17) is 0 Å². The zero-order valence-electron chi connectivity index (χ0n) is 12.1. The Kier molecular flexibility index (Phi) is 4.93. The van der Waals surface area contributed by atoms with Crippen LogP contribution < -0.4 is 5.32 Å². The van der Waals surface area contributed by atoms with Gasteiger partial charge in [0.1, 0.15) is 0 Å². The molecular weight excluding hydrogens is 276 g/mol. The van der Waals surface area contributed by atoms with Gasteiger partial charge in [0.05, 0.1) is 6.10 Å². The number of alkyl halides is 2. The molecule has 0 bridgehead atoms. The summed E-state index contributed by atoms with van der Waals surface area (Å²) in [4.78, 5) is 11.9. The number of nitrogens with one attached hydrogen (secondary N) is 1. The number of hydrogen-bond donors (Lipinski definition) is 2. The third kappa shape index (κ3) is 4.49. The number of aliphatic hydroxyl groups is 1. The van der Waals surface area contributed by atoms with Crippen LogP contribution in [0.2, 0.25) is 0 Å². The summed E-state index contributed by atoms with van der Waals surface area (Å²) >= 11 is 0. The maximum absolute atomic E-state index is 13.0. The highest BCUT2D eigenvalue weighted by molar-refractivity contribution is 5.78. The lowest BCUT2D eigenvalue weighted by Crippen LogP contribution is -2.37. The molecule has 5 heteroatoms. The Bertz CT molecular complexity index is 495. The van der Waals surface area contributed by atoms with Crippen molar-refractivity contribution in [3.05, 3.63) is 35.4 Å². The summed E-state index contributed by atoms with van der Waals surface area (Å²) in [5, 5.41) is 12.7. The van der Waals surface area contributed by atoms with Gasteiger partial charge < -0.3 is 10.4 Å². The van der Waals surface area contributed by atoms with Crippen molar-refractivity contribution >= 4 is 5.91 Å². The largest absolute Gasteiger partial charge is 0.387 e. The first-order valence-electron chi connectivity index (χ1n) is 7.27. The molecular formula is C16H21F2NO2. The summed E-state index contributed by atoms with van der Waals surface area (Å²) in [5.41, 5.74) is 1.78. The molecule has 116 valence electrons. The van der Waals surface area contributed by atoms with Crippen molar-refractivity contribution in [1.29, 1.82) is 0 Å². The predicted molar refractivity (Wildman–Crippen MR) is 76.1 cm³/mol. The van der Waals surface area contributed by atoms with Crippen LogP contribution >= 0.6 is 0 Å². The molecule has 2 N–H and O–H groups in total. The lowest BCUT2D eigenvalue weighted by Gasteiger charge is -2.27. The summed E-state index contributed by atoms with van der Waals surface area (Å²) in [6.45, 7) is 2.03. The maximum atomic E-state index is 13.0. The van der Waals surface area contributed by atoms with Crippen molar-refractivity contribution in [2.24, 2.45) is 5.92 Å². The van der Waals surface area contributed by atoms with Crippen molar-refractivity contribution in [2.45, 2.75) is 44.6 Å². The van der Waals surface area contributed by atoms with Crippen molar-refractivity contribution in [1.82, 2.24) is 5.32 Å².